The molecule has 0 atom stereocenters. The minimum Gasteiger partial charge on any atom is -0.462 e. The molecule has 0 aromatic carbocycles. The highest BCUT2D eigenvalue weighted by Gasteiger charge is 2.14. The van der Waals surface area contributed by atoms with Gasteiger partial charge in [0.2, 0.25) is 0 Å². The van der Waals surface area contributed by atoms with E-state index in [4.69, 9.17) is 4.74 Å². The van der Waals surface area contributed by atoms with Crippen molar-refractivity contribution in [2.75, 3.05) is 0 Å². The summed E-state index contributed by atoms with van der Waals surface area (Å²) in [7, 11) is 0. The Morgan fingerprint density at radius 1 is 0.479 bits per heavy atom. The Morgan fingerprint density at radius 2 is 0.854 bits per heavy atom. The lowest BCUT2D eigenvalue weighted by molar-refractivity contribution is -0.150. The van der Waals surface area contributed by atoms with E-state index in [9.17, 15) is 4.79 Å². The molecule has 0 saturated carbocycles. The molecule has 0 spiro atoms. The molecule has 0 heterocycles. The van der Waals surface area contributed by atoms with Gasteiger partial charge in [-0.2, -0.15) is 0 Å². The zero-order valence-electron chi connectivity index (χ0n) is 32.8. The molecule has 48 heavy (non-hydrogen) atoms. The average Bonchev–Trinajstić information content (AvgIpc) is 3.09. The van der Waals surface area contributed by atoms with Gasteiger partial charge in [0.15, 0.2) is 0 Å². The van der Waals surface area contributed by atoms with E-state index in [1.807, 2.05) is 0 Å². The largest absolute Gasteiger partial charge is 0.462 e. The molecule has 0 radical (unpaired) electrons. The highest BCUT2D eigenvalue weighted by atomic mass is 16.5. The van der Waals surface area contributed by atoms with Crippen molar-refractivity contribution in [2.24, 2.45) is 0 Å². The molecule has 278 valence electrons. The molecular formula is C46H82O2. The van der Waals surface area contributed by atoms with Crippen molar-refractivity contribution in [2.45, 2.75) is 226 Å². The van der Waals surface area contributed by atoms with Crippen LogP contribution in [0.3, 0.4) is 0 Å². The van der Waals surface area contributed by atoms with E-state index in [2.05, 4.69) is 82.4 Å². The second-order valence-electron chi connectivity index (χ2n) is 14.2. The quantitative estimate of drug-likeness (QED) is 0.0378. The van der Waals surface area contributed by atoms with E-state index in [0.29, 0.717) is 6.42 Å². The van der Waals surface area contributed by atoms with E-state index in [1.54, 1.807) is 0 Å². The van der Waals surface area contributed by atoms with Gasteiger partial charge in [-0.05, 0) is 123 Å². The molecule has 2 heteroatoms. The smallest absolute Gasteiger partial charge is 0.306 e. The third-order valence-electron chi connectivity index (χ3n) is 9.45. The Balaban J connectivity index is 4.12. The summed E-state index contributed by atoms with van der Waals surface area (Å²) in [5, 5.41) is 0. The van der Waals surface area contributed by atoms with Crippen LogP contribution in [0.4, 0.5) is 0 Å². The number of carbonyl (C=O) groups is 1. The molecule has 0 aliphatic rings. The Bertz CT molecular complexity index is 766. The first-order chi connectivity index (χ1) is 23.6. The summed E-state index contributed by atoms with van der Waals surface area (Å²) < 4.78 is 6.05. The van der Waals surface area contributed by atoms with Gasteiger partial charge in [0.05, 0.1) is 0 Å². The molecule has 0 amide bonds. The summed E-state index contributed by atoms with van der Waals surface area (Å²) in [5.41, 5.74) is 1.41. The lowest BCUT2D eigenvalue weighted by Gasteiger charge is -2.18. The fraction of sp³-hybridized carbons (Fsp3) is 0.761. The number of ether oxygens (including phenoxy) is 1. The number of rotatable bonds is 36. The van der Waals surface area contributed by atoms with E-state index < -0.39 is 0 Å². The molecule has 2 nitrogen and oxygen atoms in total. The Labute approximate surface area is 301 Å². The van der Waals surface area contributed by atoms with Gasteiger partial charge in [-0.1, -0.05) is 151 Å². The van der Waals surface area contributed by atoms with Gasteiger partial charge in [0, 0.05) is 6.42 Å². The van der Waals surface area contributed by atoms with Crippen LogP contribution in [0.15, 0.2) is 60.3 Å². The summed E-state index contributed by atoms with van der Waals surface area (Å²) in [5.74, 6) is 0.0261. The Kier molecular flexibility index (Phi) is 38.1. The summed E-state index contributed by atoms with van der Waals surface area (Å²) in [6.07, 6.45) is 57.2. The van der Waals surface area contributed by atoms with Crippen molar-refractivity contribution in [3.8, 4) is 0 Å². The molecule has 0 saturated heterocycles. The maximum Gasteiger partial charge on any atom is 0.306 e. The average molecular weight is 667 g/mol. The normalized spacial score (nSPS) is 13.2. The number of hydrogen-bond donors (Lipinski definition) is 0. The van der Waals surface area contributed by atoms with Gasteiger partial charge in [-0.15, -0.1) is 0 Å². The van der Waals surface area contributed by atoms with Gasteiger partial charge in [0.1, 0.15) is 6.10 Å². The van der Waals surface area contributed by atoms with Gasteiger partial charge >= 0.3 is 5.97 Å². The molecule has 0 N–H and O–H groups in total. The number of allylic oxidation sites excluding steroid dienone is 10. The van der Waals surface area contributed by atoms with E-state index in [1.165, 1.54) is 147 Å². The molecule has 0 aliphatic carbocycles. The SMILES string of the molecule is CC=C(C)CCCCC(=O)OC(CCCCCCCCC=CCC=CCCCCC)CCCCCCCCC=CCC=CCCCCC. The van der Waals surface area contributed by atoms with Crippen molar-refractivity contribution in [1.82, 2.24) is 0 Å². The van der Waals surface area contributed by atoms with Crippen LogP contribution in [0, 0.1) is 0 Å². The topological polar surface area (TPSA) is 26.3 Å². The van der Waals surface area contributed by atoms with Crippen LogP contribution in [-0.4, -0.2) is 12.1 Å². The van der Waals surface area contributed by atoms with Crippen LogP contribution in [0.1, 0.15) is 220 Å². The van der Waals surface area contributed by atoms with E-state index in [0.717, 1.165) is 44.9 Å². The zero-order valence-corrected chi connectivity index (χ0v) is 32.8. The van der Waals surface area contributed by atoms with Crippen LogP contribution >= 0.6 is 0 Å². The maximum atomic E-state index is 12.7. The first-order valence-corrected chi connectivity index (χ1v) is 21.0. The monoisotopic (exact) mass is 667 g/mol. The van der Waals surface area contributed by atoms with Crippen LogP contribution in [0.2, 0.25) is 0 Å². The van der Waals surface area contributed by atoms with Crippen molar-refractivity contribution in [3.63, 3.8) is 0 Å². The van der Waals surface area contributed by atoms with Gasteiger partial charge in [0.25, 0.3) is 0 Å². The molecule has 0 aromatic rings. The van der Waals surface area contributed by atoms with Gasteiger partial charge < -0.3 is 4.74 Å². The summed E-state index contributed by atoms with van der Waals surface area (Å²) in [6.45, 7) is 8.79. The van der Waals surface area contributed by atoms with Crippen molar-refractivity contribution in [1.29, 1.82) is 0 Å². The number of esters is 1. The first kappa shape index (κ1) is 46.2. The number of unbranched alkanes of at least 4 members (excludes halogenated alkanes) is 19. The van der Waals surface area contributed by atoms with Crippen LogP contribution in [0.25, 0.3) is 0 Å². The highest BCUT2D eigenvalue weighted by molar-refractivity contribution is 5.69. The Hall–Kier alpha value is -1.83. The third kappa shape index (κ3) is 37.0. The summed E-state index contributed by atoms with van der Waals surface area (Å²) in [4.78, 5) is 12.7. The van der Waals surface area contributed by atoms with Crippen LogP contribution in [-0.2, 0) is 9.53 Å². The van der Waals surface area contributed by atoms with Crippen LogP contribution in [0.5, 0.6) is 0 Å². The minimum atomic E-state index is 0.0261. The zero-order chi connectivity index (χ0) is 35.0. The predicted octanol–water partition coefficient (Wildman–Crippen LogP) is 15.8. The molecule has 0 unspecified atom stereocenters. The molecular weight excluding hydrogens is 585 g/mol. The fourth-order valence-corrected chi connectivity index (χ4v) is 6.04. The number of carbonyl (C=O) groups excluding carboxylic acids is 1. The predicted molar refractivity (Wildman–Crippen MR) is 216 cm³/mol. The molecule has 0 rings (SSSR count). The van der Waals surface area contributed by atoms with Crippen LogP contribution < -0.4 is 0 Å². The van der Waals surface area contributed by atoms with Gasteiger partial charge in [-0.3, -0.25) is 4.79 Å². The second kappa shape index (κ2) is 39.6. The summed E-state index contributed by atoms with van der Waals surface area (Å²) >= 11 is 0. The van der Waals surface area contributed by atoms with E-state index >= 15 is 0 Å². The third-order valence-corrected chi connectivity index (χ3v) is 9.45. The minimum absolute atomic E-state index is 0.0261. The molecule has 0 bridgehead atoms. The standard InChI is InChI=1S/C46H82O2/c1-5-8-10-12-14-16-18-20-22-24-26-28-30-32-34-36-41-45(48-46(47)43-39-38-40-44(4)7-3)42-37-35-33-31-29-27-25-23-21-19-17-15-13-11-9-6-2/h7,14-17,20-23,45H,5-6,8-13,18-19,24-43H2,1-4H3. The summed E-state index contributed by atoms with van der Waals surface area (Å²) in [6, 6.07) is 0. The molecule has 0 fully saturated rings. The highest BCUT2D eigenvalue weighted by Crippen LogP contribution is 2.19. The van der Waals surface area contributed by atoms with Crippen molar-refractivity contribution < 1.29 is 9.53 Å². The van der Waals surface area contributed by atoms with Crippen molar-refractivity contribution in [3.05, 3.63) is 60.3 Å². The molecule has 0 aromatic heterocycles. The lowest BCUT2D eigenvalue weighted by Crippen LogP contribution is -2.18. The van der Waals surface area contributed by atoms with Crippen molar-refractivity contribution >= 4 is 5.97 Å². The first-order valence-electron chi connectivity index (χ1n) is 21.0. The van der Waals surface area contributed by atoms with E-state index in [-0.39, 0.29) is 12.1 Å². The maximum absolute atomic E-state index is 12.7. The second-order valence-corrected chi connectivity index (χ2v) is 14.2. The Morgan fingerprint density at radius 3 is 1.27 bits per heavy atom. The lowest BCUT2D eigenvalue weighted by atomic mass is 10.0. The van der Waals surface area contributed by atoms with Gasteiger partial charge in [-0.25, -0.2) is 0 Å². The molecule has 0 aliphatic heterocycles. The fourth-order valence-electron chi connectivity index (χ4n) is 6.04. The number of hydrogen-bond acceptors (Lipinski definition) is 2.